The largest absolute Gasteiger partial charge is 0.378 e. The molecule has 98 valence electrons. The first-order chi connectivity index (χ1) is 8.24. The van der Waals surface area contributed by atoms with Gasteiger partial charge in [-0.2, -0.15) is 0 Å². The van der Waals surface area contributed by atoms with Gasteiger partial charge in [0.25, 0.3) is 0 Å². The van der Waals surface area contributed by atoms with E-state index in [1.165, 1.54) is 12.8 Å². The predicted molar refractivity (Wildman–Crippen MR) is 68.9 cm³/mol. The molecule has 1 saturated heterocycles. The number of hydrogen-bond donors (Lipinski definition) is 2. The van der Waals surface area contributed by atoms with E-state index in [1.54, 1.807) is 6.08 Å². The highest BCUT2D eigenvalue weighted by Crippen LogP contribution is 2.14. The maximum absolute atomic E-state index is 11.5. The van der Waals surface area contributed by atoms with Crippen LogP contribution in [0.5, 0.6) is 0 Å². The van der Waals surface area contributed by atoms with Crippen molar-refractivity contribution in [2.24, 2.45) is 0 Å². The Morgan fingerprint density at radius 3 is 3.06 bits per heavy atom. The molecule has 2 unspecified atom stereocenters. The Labute approximate surface area is 104 Å². The summed E-state index contributed by atoms with van der Waals surface area (Å²) in [5.41, 5.74) is 0. The van der Waals surface area contributed by atoms with E-state index in [4.69, 9.17) is 4.74 Å². The van der Waals surface area contributed by atoms with Crippen molar-refractivity contribution in [3.05, 3.63) is 12.7 Å². The molecule has 0 aromatic rings. The molecule has 0 radical (unpaired) electrons. The van der Waals surface area contributed by atoms with Crippen molar-refractivity contribution in [1.29, 1.82) is 0 Å². The van der Waals surface area contributed by atoms with Crippen LogP contribution in [0.1, 0.15) is 32.6 Å². The van der Waals surface area contributed by atoms with Crippen LogP contribution in [0.25, 0.3) is 0 Å². The Bertz CT molecular complexity index is 238. The van der Waals surface area contributed by atoms with E-state index in [-0.39, 0.29) is 11.9 Å². The zero-order valence-electron chi connectivity index (χ0n) is 10.7. The quantitative estimate of drug-likeness (QED) is 0.658. The van der Waals surface area contributed by atoms with Gasteiger partial charge in [-0.15, -0.1) is 6.58 Å². The van der Waals surface area contributed by atoms with Crippen LogP contribution in [0, 0.1) is 0 Å². The van der Waals surface area contributed by atoms with Crippen LogP contribution < -0.4 is 10.6 Å². The van der Waals surface area contributed by atoms with Gasteiger partial charge < -0.3 is 15.4 Å². The smallest absolute Gasteiger partial charge is 0.237 e. The summed E-state index contributed by atoms with van der Waals surface area (Å²) in [6.45, 7) is 7.68. The molecule has 0 spiro atoms. The third-order valence-electron chi connectivity index (χ3n) is 3.00. The molecule has 17 heavy (non-hydrogen) atoms. The van der Waals surface area contributed by atoms with Crippen LogP contribution in [-0.2, 0) is 9.53 Å². The third kappa shape index (κ3) is 5.84. The molecule has 0 aliphatic carbocycles. The van der Waals surface area contributed by atoms with Gasteiger partial charge in [-0.05, 0) is 39.2 Å². The summed E-state index contributed by atoms with van der Waals surface area (Å²) in [5, 5.41) is 5.98. The van der Waals surface area contributed by atoms with E-state index in [2.05, 4.69) is 17.2 Å². The average molecular weight is 240 g/mol. The van der Waals surface area contributed by atoms with E-state index >= 15 is 0 Å². The van der Waals surface area contributed by atoms with Crippen LogP contribution in [-0.4, -0.2) is 37.7 Å². The Balaban J connectivity index is 2.07. The molecule has 0 aromatic carbocycles. The second kappa shape index (κ2) is 8.25. The molecule has 4 nitrogen and oxygen atoms in total. The molecule has 2 atom stereocenters. The Morgan fingerprint density at radius 1 is 1.59 bits per heavy atom. The van der Waals surface area contributed by atoms with Crippen molar-refractivity contribution in [3.63, 3.8) is 0 Å². The number of carbonyl (C=O) groups is 1. The van der Waals surface area contributed by atoms with Crippen molar-refractivity contribution in [2.45, 2.75) is 44.8 Å². The zero-order valence-corrected chi connectivity index (χ0v) is 10.7. The molecule has 4 heteroatoms. The second-order valence-corrected chi connectivity index (χ2v) is 4.49. The fourth-order valence-corrected chi connectivity index (χ4v) is 1.91. The molecule has 0 bridgehead atoms. The summed E-state index contributed by atoms with van der Waals surface area (Å²) in [6, 6.07) is -0.154. The zero-order chi connectivity index (χ0) is 12.5. The highest BCUT2D eigenvalue weighted by molar-refractivity contribution is 5.81. The first kappa shape index (κ1) is 14.2. The lowest BCUT2D eigenvalue weighted by molar-refractivity contribution is -0.122. The number of ether oxygens (including phenoxy) is 1. The fraction of sp³-hybridized carbons (Fsp3) is 0.769. The molecule has 1 aliphatic heterocycles. The van der Waals surface area contributed by atoms with Crippen molar-refractivity contribution >= 4 is 5.91 Å². The van der Waals surface area contributed by atoms with Crippen LogP contribution in [0.15, 0.2) is 12.7 Å². The molecule has 1 aliphatic rings. The van der Waals surface area contributed by atoms with Crippen LogP contribution in [0.2, 0.25) is 0 Å². The van der Waals surface area contributed by atoms with E-state index in [1.807, 2.05) is 6.92 Å². The molecular weight excluding hydrogens is 216 g/mol. The van der Waals surface area contributed by atoms with Gasteiger partial charge in [0.2, 0.25) is 5.91 Å². The maximum atomic E-state index is 11.5. The van der Waals surface area contributed by atoms with E-state index in [0.29, 0.717) is 12.6 Å². The van der Waals surface area contributed by atoms with Gasteiger partial charge in [0.1, 0.15) is 0 Å². The van der Waals surface area contributed by atoms with Gasteiger partial charge in [-0.1, -0.05) is 6.08 Å². The lowest BCUT2D eigenvalue weighted by Crippen LogP contribution is -2.43. The molecular formula is C13H24N2O2. The van der Waals surface area contributed by atoms with Crippen molar-refractivity contribution < 1.29 is 9.53 Å². The molecule has 1 rings (SSSR count). The Morgan fingerprint density at radius 2 is 2.41 bits per heavy atom. The maximum Gasteiger partial charge on any atom is 0.237 e. The van der Waals surface area contributed by atoms with Crippen molar-refractivity contribution in [3.8, 4) is 0 Å². The number of carbonyl (C=O) groups excluding carboxylic acids is 1. The highest BCUT2D eigenvalue weighted by atomic mass is 16.5. The normalized spacial score (nSPS) is 21.8. The van der Waals surface area contributed by atoms with Gasteiger partial charge in [0.15, 0.2) is 0 Å². The lowest BCUT2D eigenvalue weighted by Gasteiger charge is -2.23. The number of nitrogens with one attached hydrogen (secondary N) is 2. The summed E-state index contributed by atoms with van der Waals surface area (Å²) >= 11 is 0. The Hall–Kier alpha value is -0.870. The minimum atomic E-state index is -0.154. The van der Waals surface area contributed by atoms with E-state index in [0.717, 1.165) is 26.0 Å². The standard InChI is InChI=1S/C13H24N2O2/c1-3-8-15-13(16)11(2)14-9-7-12-6-4-5-10-17-12/h3,11-12,14H,1,4-10H2,2H3,(H,15,16). The number of rotatable bonds is 7. The average Bonchev–Trinajstić information content (AvgIpc) is 2.37. The number of hydrogen-bond acceptors (Lipinski definition) is 3. The fourth-order valence-electron chi connectivity index (χ4n) is 1.91. The molecule has 2 N–H and O–H groups in total. The monoisotopic (exact) mass is 240 g/mol. The van der Waals surface area contributed by atoms with E-state index in [9.17, 15) is 4.79 Å². The SMILES string of the molecule is C=CCNC(=O)C(C)NCCC1CCCCO1. The highest BCUT2D eigenvalue weighted by Gasteiger charge is 2.15. The van der Waals surface area contributed by atoms with Crippen LogP contribution >= 0.6 is 0 Å². The molecule has 0 aromatic heterocycles. The van der Waals surface area contributed by atoms with Gasteiger partial charge in [0, 0.05) is 13.2 Å². The van der Waals surface area contributed by atoms with Gasteiger partial charge in [-0.25, -0.2) is 0 Å². The summed E-state index contributed by atoms with van der Waals surface area (Å²) in [4.78, 5) is 11.5. The lowest BCUT2D eigenvalue weighted by atomic mass is 10.1. The summed E-state index contributed by atoms with van der Waals surface area (Å²) in [5.74, 6) is 0.0227. The predicted octanol–water partition coefficient (Wildman–Crippen LogP) is 1.23. The minimum absolute atomic E-state index is 0.0227. The summed E-state index contributed by atoms with van der Waals surface area (Å²) < 4.78 is 5.63. The van der Waals surface area contributed by atoms with Gasteiger partial charge in [0.05, 0.1) is 12.1 Å². The first-order valence-corrected chi connectivity index (χ1v) is 6.47. The minimum Gasteiger partial charge on any atom is -0.378 e. The Kier molecular flexibility index (Phi) is 6.89. The van der Waals surface area contributed by atoms with Crippen molar-refractivity contribution in [1.82, 2.24) is 10.6 Å². The topological polar surface area (TPSA) is 50.4 Å². The molecule has 1 fully saturated rings. The van der Waals surface area contributed by atoms with Crippen molar-refractivity contribution in [2.75, 3.05) is 19.7 Å². The second-order valence-electron chi connectivity index (χ2n) is 4.49. The number of amides is 1. The van der Waals surface area contributed by atoms with Gasteiger partial charge in [-0.3, -0.25) is 4.79 Å². The molecule has 1 amide bonds. The molecule has 1 heterocycles. The summed E-state index contributed by atoms with van der Waals surface area (Å²) in [6.07, 6.45) is 6.64. The first-order valence-electron chi connectivity index (χ1n) is 6.47. The third-order valence-corrected chi connectivity index (χ3v) is 3.00. The molecule has 0 saturated carbocycles. The van der Waals surface area contributed by atoms with E-state index < -0.39 is 0 Å². The van der Waals surface area contributed by atoms with Crippen LogP contribution in [0.3, 0.4) is 0 Å². The van der Waals surface area contributed by atoms with Gasteiger partial charge >= 0.3 is 0 Å². The van der Waals surface area contributed by atoms with Crippen LogP contribution in [0.4, 0.5) is 0 Å². The summed E-state index contributed by atoms with van der Waals surface area (Å²) in [7, 11) is 0.